The van der Waals surface area contributed by atoms with Crippen LogP contribution in [0.25, 0.3) is 0 Å². The summed E-state index contributed by atoms with van der Waals surface area (Å²) in [5, 5.41) is 20.2. The Morgan fingerprint density at radius 2 is 1.92 bits per heavy atom. The van der Waals surface area contributed by atoms with Crippen LogP contribution in [0.3, 0.4) is 0 Å². The van der Waals surface area contributed by atoms with Crippen molar-refractivity contribution in [2.75, 3.05) is 13.7 Å². The molecule has 36 heavy (non-hydrogen) atoms. The number of phosphoric acid groups is 2. The molecule has 6 N–H and O–H groups in total. The van der Waals surface area contributed by atoms with Gasteiger partial charge in [0.2, 0.25) is 0 Å². The van der Waals surface area contributed by atoms with Crippen LogP contribution in [0.4, 0.5) is 0 Å². The summed E-state index contributed by atoms with van der Waals surface area (Å²) >= 11 is 0. The zero-order chi connectivity index (χ0) is 27.4. The highest BCUT2D eigenvalue weighted by molar-refractivity contribution is 7.60. The highest BCUT2D eigenvalue weighted by Gasteiger charge is 2.44. The number of H-pyrrole nitrogens is 1. The number of aromatic nitrogens is 2. The molecule has 1 saturated heterocycles. The molecule has 19 heteroatoms. The van der Waals surface area contributed by atoms with Gasteiger partial charge in [0.25, 0.3) is 5.56 Å². The van der Waals surface area contributed by atoms with E-state index in [-0.39, 0.29) is 12.0 Å². The summed E-state index contributed by atoms with van der Waals surface area (Å²) in [6, 6.07) is 0. The fraction of sp³-hybridized carbons (Fsp3) is 0.706. The van der Waals surface area contributed by atoms with Crippen LogP contribution in [0.2, 0.25) is 0 Å². The summed E-state index contributed by atoms with van der Waals surface area (Å²) in [5.41, 5.74) is -1.36. The molecule has 0 aliphatic carbocycles. The standard InChI is InChI=1S/C17H28N2O15P2/c1-8-5-19(17(24)18-16(8)23)13-4-10(33-15(11(6-20)30-3)14(22)9(2)21)12(32-13)7-31-36(28,29)34-35(25,26)27/h5-6,9-15,21-22H,4,7H2,1-3H3,(H,28,29)(H,18,23,24)(H2,25,26,27)/t9-,10-,11-,12+,13+,14-,15?/m1/s1. The Morgan fingerprint density at radius 1 is 1.28 bits per heavy atom. The number of phosphoric ester groups is 1. The van der Waals surface area contributed by atoms with Gasteiger partial charge in [-0.25, -0.2) is 13.9 Å². The molecule has 0 saturated carbocycles. The fourth-order valence-corrected chi connectivity index (χ4v) is 4.98. The van der Waals surface area contributed by atoms with Crippen molar-refractivity contribution in [2.45, 2.75) is 63.1 Å². The van der Waals surface area contributed by atoms with Gasteiger partial charge in [0, 0.05) is 25.3 Å². The molecule has 2 unspecified atom stereocenters. The highest BCUT2D eigenvalue weighted by atomic mass is 31.3. The van der Waals surface area contributed by atoms with E-state index in [1.165, 1.54) is 20.0 Å². The zero-order valence-corrected chi connectivity index (χ0v) is 21.1. The van der Waals surface area contributed by atoms with E-state index in [0.29, 0.717) is 6.29 Å². The van der Waals surface area contributed by atoms with Crippen LogP contribution >= 0.6 is 15.6 Å². The number of hydrogen-bond donors (Lipinski definition) is 6. The molecule has 8 atom stereocenters. The van der Waals surface area contributed by atoms with Gasteiger partial charge < -0.3 is 43.9 Å². The first-order valence-corrected chi connectivity index (χ1v) is 13.3. The molecule has 0 aromatic carbocycles. The van der Waals surface area contributed by atoms with E-state index in [1.807, 2.05) is 0 Å². The predicted molar refractivity (Wildman–Crippen MR) is 117 cm³/mol. The van der Waals surface area contributed by atoms with E-state index in [0.717, 1.165) is 11.7 Å². The van der Waals surface area contributed by atoms with Gasteiger partial charge in [-0.15, -0.1) is 0 Å². The van der Waals surface area contributed by atoms with E-state index < -0.39 is 76.4 Å². The number of aldehydes is 1. The van der Waals surface area contributed by atoms with Gasteiger partial charge in [-0.2, -0.15) is 4.31 Å². The van der Waals surface area contributed by atoms with Crippen molar-refractivity contribution in [3.8, 4) is 0 Å². The SMILES string of the molecule is CO[C@H](C=O)C(O[C@@H]1C[C@@H](n2cc(C)c(=O)[nH]c2=O)O[C@H]1COP(=O)(O)OP(=O)(O)O)[C@H](O)[C@@H](C)O. The van der Waals surface area contributed by atoms with Crippen LogP contribution in [0.1, 0.15) is 25.1 Å². The number of aliphatic hydroxyl groups excluding tert-OH is 2. The first kappa shape index (κ1) is 30.6. The minimum Gasteiger partial charge on any atom is -0.391 e. The van der Waals surface area contributed by atoms with Crippen molar-refractivity contribution in [1.82, 2.24) is 9.55 Å². The lowest BCUT2D eigenvalue weighted by Gasteiger charge is -2.32. The number of carbonyl (C=O) groups is 1. The second-order valence-corrected chi connectivity index (χ2v) is 10.7. The molecule has 17 nitrogen and oxygen atoms in total. The van der Waals surface area contributed by atoms with Gasteiger partial charge in [0.1, 0.15) is 30.6 Å². The van der Waals surface area contributed by atoms with Crippen LogP contribution in [0.5, 0.6) is 0 Å². The van der Waals surface area contributed by atoms with Crippen LogP contribution in [-0.2, 0) is 37.0 Å². The monoisotopic (exact) mass is 562 g/mol. The third-order valence-electron chi connectivity index (χ3n) is 5.14. The third-order valence-corrected chi connectivity index (χ3v) is 7.29. The quantitative estimate of drug-likeness (QED) is 0.113. The van der Waals surface area contributed by atoms with E-state index in [4.69, 9.17) is 24.0 Å². The molecule has 206 valence electrons. The second kappa shape index (κ2) is 12.3. The Labute approximate surface area is 203 Å². The van der Waals surface area contributed by atoms with Crippen LogP contribution < -0.4 is 11.2 Å². The maximum absolute atomic E-state index is 12.3. The molecule has 0 amide bonds. The van der Waals surface area contributed by atoms with Crippen molar-refractivity contribution in [3.05, 3.63) is 32.6 Å². The Bertz CT molecular complexity index is 1110. The second-order valence-electron chi connectivity index (χ2n) is 7.89. The Morgan fingerprint density at radius 3 is 2.44 bits per heavy atom. The molecule has 2 rings (SSSR count). The number of aliphatic hydroxyl groups is 2. The van der Waals surface area contributed by atoms with Gasteiger partial charge in [-0.05, 0) is 13.8 Å². The van der Waals surface area contributed by atoms with Gasteiger partial charge in [0.15, 0.2) is 6.29 Å². The Kier molecular flexibility index (Phi) is 10.5. The third kappa shape index (κ3) is 8.21. The first-order chi connectivity index (χ1) is 16.6. The number of aryl methyl sites for hydroxylation is 1. The molecule has 0 spiro atoms. The first-order valence-electron chi connectivity index (χ1n) is 10.3. The molecule has 0 bridgehead atoms. The van der Waals surface area contributed by atoms with Gasteiger partial charge >= 0.3 is 21.3 Å². The molecule has 1 aromatic rings. The smallest absolute Gasteiger partial charge is 0.391 e. The largest absolute Gasteiger partial charge is 0.481 e. The summed E-state index contributed by atoms with van der Waals surface area (Å²) in [6.45, 7) is 1.77. The number of hydrogen-bond acceptors (Lipinski definition) is 12. The Balaban J connectivity index is 2.38. The average Bonchev–Trinajstić information content (AvgIpc) is 3.15. The maximum atomic E-state index is 12.3. The summed E-state index contributed by atoms with van der Waals surface area (Å²) in [6.07, 6.45) is -8.32. The van der Waals surface area contributed by atoms with Crippen LogP contribution in [0, 0.1) is 6.92 Å². The highest BCUT2D eigenvalue weighted by Crippen LogP contribution is 2.57. The number of methoxy groups -OCH3 is 1. The predicted octanol–water partition coefficient (Wildman–Crippen LogP) is -1.93. The molecule has 2 heterocycles. The van der Waals surface area contributed by atoms with E-state index in [9.17, 15) is 38.6 Å². The molecule has 1 aliphatic rings. The number of carbonyl (C=O) groups excluding carboxylic acids is 1. The summed E-state index contributed by atoms with van der Waals surface area (Å²) in [5.74, 6) is 0. The molecule has 0 radical (unpaired) electrons. The van der Waals surface area contributed by atoms with E-state index in [2.05, 4.69) is 13.8 Å². The lowest BCUT2D eigenvalue weighted by Crippen LogP contribution is -2.49. The molecular formula is C17H28N2O15P2. The molecule has 1 aromatic heterocycles. The number of ether oxygens (including phenoxy) is 3. The average molecular weight is 562 g/mol. The Hall–Kier alpha value is -1.59. The van der Waals surface area contributed by atoms with Crippen molar-refractivity contribution >= 4 is 21.9 Å². The molecule has 1 aliphatic heterocycles. The number of rotatable bonds is 13. The lowest BCUT2D eigenvalue weighted by atomic mass is 10.0. The van der Waals surface area contributed by atoms with Gasteiger partial charge in [0.05, 0.1) is 18.8 Å². The van der Waals surface area contributed by atoms with Gasteiger partial charge in [-0.3, -0.25) is 18.9 Å². The van der Waals surface area contributed by atoms with Crippen molar-refractivity contribution in [1.29, 1.82) is 0 Å². The molecule has 1 fully saturated rings. The van der Waals surface area contributed by atoms with E-state index >= 15 is 0 Å². The lowest BCUT2D eigenvalue weighted by molar-refractivity contribution is -0.172. The number of nitrogens with one attached hydrogen (secondary N) is 1. The van der Waals surface area contributed by atoms with Crippen LogP contribution in [-0.4, -0.2) is 91.1 Å². The summed E-state index contributed by atoms with van der Waals surface area (Å²) in [4.78, 5) is 64.7. The zero-order valence-electron chi connectivity index (χ0n) is 19.3. The topological polar surface area (TPSA) is 253 Å². The summed E-state index contributed by atoms with van der Waals surface area (Å²) < 4.78 is 48.6. The van der Waals surface area contributed by atoms with E-state index in [1.54, 1.807) is 0 Å². The summed E-state index contributed by atoms with van der Waals surface area (Å²) in [7, 11) is -9.57. The number of nitrogens with zero attached hydrogens (tertiary/aromatic N) is 1. The minimum atomic E-state index is -5.41. The van der Waals surface area contributed by atoms with Crippen molar-refractivity contribution < 1.29 is 61.9 Å². The number of aromatic amines is 1. The van der Waals surface area contributed by atoms with Crippen molar-refractivity contribution in [2.24, 2.45) is 0 Å². The van der Waals surface area contributed by atoms with Gasteiger partial charge in [-0.1, -0.05) is 0 Å². The fourth-order valence-electron chi connectivity index (χ4n) is 3.39. The van der Waals surface area contributed by atoms with Crippen molar-refractivity contribution in [3.63, 3.8) is 0 Å². The van der Waals surface area contributed by atoms with Crippen LogP contribution in [0.15, 0.2) is 15.8 Å². The molecular weight excluding hydrogens is 534 g/mol. The normalized spacial score (nSPS) is 25.6. The maximum Gasteiger partial charge on any atom is 0.481 e. The minimum absolute atomic E-state index is 0.146.